The second-order valence-electron chi connectivity index (χ2n) is 9.12. The molecule has 0 aliphatic heterocycles. The molecule has 4 heteroatoms. The predicted octanol–water partition coefficient (Wildman–Crippen LogP) is 8.65. The molecule has 0 nitrogen and oxygen atoms in total. The van der Waals surface area contributed by atoms with Crippen molar-refractivity contribution in [3.63, 3.8) is 0 Å². The summed E-state index contributed by atoms with van der Waals surface area (Å²) in [5, 5.41) is 1.50. The van der Waals surface area contributed by atoms with Crippen LogP contribution in [0.3, 0.4) is 0 Å². The lowest BCUT2D eigenvalue weighted by atomic mass is 9.76. The van der Waals surface area contributed by atoms with Crippen LogP contribution in [0.4, 0.5) is 17.6 Å². The highest BCUT2D eigenvalue weighted by atomic mass is 19.2. The van der Waals surface area contributed by atoms with Crippen molar-refractivity contribution in [3.8, 4) is 11.8 Å². The molecular weight excluding hydrogens is 424 g/mol. The van der Waals surface area contributed by atoms with Gasteiger partial charge in [0.2, 0.25) is 0 Å². The number of benzene rings is 3. The van der Waals surface area contributed by atoms with Crippen LogP contribution in [0, 0.1) is 41.0 Å². The molecule has 4 rings (SSSR count). The summed E-state index contributed by atoms with van der Waals surface area (Å²) in [5.41, 5.74) is 0.138. The van der Waals surface area contributed by atoms with Crippen LogP contribution in [0.2, 0.25) is 0 Å². The average molecular weight is 453 g/mol. The SMILES string of the molecule is CCCCCC1CCC(c2c(F)cc(C#Cc3ccc4cc(F)ccc4c3)c(F)c2F)CC1. The lowest BCUT2D eigenvalue weighted by molar-refractivity contribution is 0.293. The third-order valence-corrected chi connectivity index (χ3v) is 6.81. The lowest BCUT2D eigenvalue weighted by Crippen LogP contribution is -2.16. The molecule has 33 heavy (non-hydrogen) atoms. The van der Waals surface area contributed by atoms with Crippen molar-refractivity contribution >= 4 is 10.8 Å². The zero-order valence-corrected chi connectivity index (χ0v) is 18.9. The van der Waals surface area contributed by atoms with Crippen molar-refractivity contribution in [1.82, 2.24) is 0 Å². The van der Waals surface area contributed by atoms with E-state index in [1.165, 1.54) is 31.4 Å². The van der Waals surface area contributed by atoms with Gasteiger partial charge in [0, 0.05) is 11.1 Å². The zero-order chi connectivity index (χ0) is 23.4. The van der Waals surface area contributed by atoms with Gasteiger partial charge < -0.3 is 0 Å². The minimum absolute atomic E-state index is 0.127. The molecule has 1 aliphatic carbocycles. The second-order valence-corrected chi connectivity index (χ2v) is 9.12. The lowest BCUT2D eigenvalue weighted by Gasteiger charge is -2.29. The van der Waals surface area contributed by atoms with Gasteiger partial charge in [-0.05, 0) is 78.6 Å². The Morgan fingerprint density at radius 3 is 2.27 bits per heavy atom. The first-order chi connectivity index (χ1) is 16.0. The van der Waals surface area contributed by atoms with Crippen molar-refractivity contribution in [3.05, 3.63) is 82.4 Å². The topological polar surface area (TPSA) is 0 Å². The first kappa shape index (κ1) is 23.4. The van der Waals surface area contributed by atoms with Gasteiger partial charge >= 0.3 is 0 Å². The van der Waals surface area contributed by atoms with Gasteiger partial charge in [-0.3, -0.25) is 0 Å². The molecule has 3 aromatic rings. The molecule has 1 saturated carbocycles. The minimum Gasteiger partial charge on any atom is -0.207 e. The van der Waals surface area contributed by atoms with E-state index in [2.05, 4.69) is 18.8 Å². The summed E-state index contributed by atoms with van der Waals surface area (Å²) >= 11 is 0. The molecule has 0 atom stereocenters. The molecule has 0 unspecified atom stereocenters. The number of rotatable bonds is 5. The summed E-state index contributed by atoms with van der Waals surface area (Å²) in [6.07, 6.45) is 8.00. The van der Waals surface area contributed by atoms with E-state index >= 15 is 0 Å². The smallest absolute Gasteiger partial charge is 0.174 e. The molecule has 0 saturated heterocycles. The largest absolute Gasteiger partial charge is 0.207 e. The van der Waals surface area contributed by atoms with Crippen LogP contribution in [0.15, 0.2) is 42.5 Å². The maximum Gasteiger partial charge on any atom is 0.174 e. The molecule has 0 spiro atoms. The Labute approximate surface area is 193 Å². The van der Waals surface area contributed by atoms with Crippen molar-refractivity contribution in [2.24, 2.45) is 5.92 Å². The standard InChI is InChI=1S/C29H28F4/c1-2-3-4-5-19-6-10-21(11-7-19)27-26(31)18-24(28(32)29(27)33)13-9-20-8-12-23-17-25(30)15-14-22(23)16-20/h8,12,14-19,21H,2-7,10-11H2,1H3. The molecule has 0 N–H and O–H groups in total. The number of hydrogen-bond acceptors (Lipinski definition) is 0. The molecule has 0 amide bonds. The first-order valence-corrected chi connectivity index (χ1v) is 11.8. The van der Waals surface area contributed by atoms with Crippen molar-refractivity contribution in [2.75, 3.05) is 0 Å². The molecule has 1 fully saturated rings. The van der Waals surface area contributed by atoms with E-state index < -0.39 is 17.5 Å². The fourth-order valence-electron chi connectivity index (χ4n) is 4.93. The van der Waals surface area contributed by atoms with Gasteiger partial charge in [0.05, 0.1) is 5.56 Å². The van der Waals surface area contributed by atoms with Crippen LogP contribution < -0.4 is 0 Å². The van der Waals surface area contributed by atoms with Crippen LogP contribution in [0.1, 0.15) is 80.9 Å². The van der Waals surface area contributed by atoms with E-state index in [1.807, 2.05) is 0 Å². The molecule has 0 radical (unpaired) electrons. The van der Waals surface area contributed by atoms with Gasteiger partial charge in [0.1, 0.15) is 11.6 Å². The van der Waals surface area contributed by atoms with E-state index in [-0.39, 0.29) is 22.9 Å². The van der Waals surface area contributed by atoms with Crippen LogP contribution in [0.5, 0.6) is 0 Å². The Hall–Kier alpha value is -2.80. The maximum absolute atomic E-state index is 14.9. The first-order valence-electron chi connectivity index (χ1n) is 11.8. The van der Waals surface area contributed by atoms with Crippen molar-refractivity contribution in [1.29, 1.82) is 0 Å². The van der Waals surface area contributed by atoms with E-state index in [0.717, 1.165) is 30.7 Å². The van der Waals surface area contributed by atoms with E-state index in [1.54, 1.807) is 24.3 Å². The van der Waals surface area contributed by atoms with Crippen molar-refractivity contribution < 1.29 is 17.6 Å². The van der Waals surface area contributed by atoms with Crippen LogP contribution >= 0.6 is 0 Å². The van der Waals surface area contributed by atoms with Gasteiger partial charge in [-0.2, -0.15) is 0 Å². The minimum atomic E-state index is -1.11. The fourth-order valence-corrected chi connectivity index (χ4v) is 4.93. The average Bonchev–Trinajstić information content (AvgIpc) is 2.81. The highest BCUT2D eigenvalue weighted by Gasteiger charge is 2.29. The second kappa shape index (κ2) is 10.4. The maximum atomic E-state index is 14.9. The highest BCUT2D eigenvalue weighted by Crippen LogP contribution is 2.40. The summed E-state index contributed by atoms with van der Waals surface area (Å²) in [5.74, 6) is 2.41. The van der Waals surface area contributed by atoms with Gasteiger partial charge in [-0.15, -0.1) is 0 Å². The van der Waals surface area contributed by atoms with E-state index in [9.17, 15) is 17.6 Å². The van der Waals surface area contributed by atoms with Crippen LogP contribution in [-0.4, -0.2) is 0 Å². The highest BCUT2D eigenvalue weighted by molar-refractivity contribution is 5.84. The molecule has 3 aromatic carbocycles. The third kappa shape index (κ3) is 5.41. The Morgan fingerprint density at radius 2 is 1.52 bits per heavy atom. The Bertz CT molecular complexity index is 1190. The van der Waals surface area contributed by atoms with E-state index in [0.29, 0.717) is 29.7 Å². The number of unbranched alkanes of at least 4 members (excludes halogenated alkanes) is 2. The summed E-state index contributed by atoms with van der Waals surface area (Å²) in [6.45, 7) is 2.18. The Morgan fingerprint density at radius 1 is 0.788 bits per heavy atom. The summed E-state index contributed by atoms with van der Waals surface area (Å²) in [7, 11) is 0. The fraction of sp³-hybridized carbons (Fsp3) is 0.379. The summed E-state index contributed by atoms with van der Waals surface area (Å²) in [6, 6.07) is 10.5. The Balaban J connectivity index is 1.52. The molecule has 1 aliphatic rings. The normalized spacial score (nSPS) is 18.2. The summed E-state index contributed by atoms with van der Waals surface area (Å²) < 4.78 is 57.9. The molecule has 0 heterocycles. The van der Waals surface area contributed by atoms with Gasteiger partial charge in [0.25, 0.3) is 0 Å². The third-order valence-electron chi connectivity index (χ3n) is 6.81. The monoisotopic (exact) mass is 452 g/mol. The molecule has 172 valence electrons. The Kier molecular flexibility index (Phi) is 7.38. The van der Waals surface area contributed by atoms with Crippen LogP contribution in [-0.2, 0) is 0 Å². The quantitative estimate of drug-likeness (QED) is 0.157. The van der Waals surface area contributed by atoms with Gasteiger partial charge in [0.15, 0.2) is 11.6 Å². The molecule has 0 aromatic heterocycles. The number of halogens is 4. The van der Waals surface area contributed by atoms with Crippen LogP contribution in [0.25, 0.3) is 10.8 Å². The van der Waals surface area contributed by atoms with Crippen molar-refractivity contribution in [2.45, 2.75) is 64.2 Å². The number of hydrogen-bond donors (Lipinski definition) is 0. The zero-order valence-electron chi connectivity index (χ0n) is 18.9. The molecular formula is C29H28F4. The van der Waals surface area contributed by atoms with Gasteiger partial charge in [-0.1, -0.05) is 56.6 Å². The van der Waals surface area contributed by atoms with E-state index in [4.69, 9.17) is 0 Å². The predicted molar refractivity (Wildman–Crippen MR) is 125 cm³/mol. The molecule has 0 bridgehead atoms. The number of fused-ring (bicyclic) bond motifs is 1. The summed E-state index contributed by atoms with van der Waals surface area (Å²) in [4.78, 5) is 0. The van der Waals surface area contributed by atoms with Gasteiger partial charge in [-0.25, -0.2) is 17.6 Å².